The largest absolute Gasteiger partial charge is 0.340 e. The van der Waals surface area contributed by atoms with Gasteiger partial charge in [-0.1, -0.05) is 17.7 Å². The Balaban J connectivity index is 1.97. The van der Waals surface area contributed by atoms with E-state index in [0.29, 0.717) is 19.0 Å². The van der Waals surface area contributed by atoms with Crippen LogP contribution in [0.4, 0.5) is 10.3 Å². The van der Waals surface area contributed by atoms with Crippen LogP contribution < -0.4 is 21.5 Å². The van der Waals surface area contributed by atoms with Crippen LogP contribution in [0.5, 0.6) is 0 Å². The van der Waals surface area contributed by atoms with Gasteiger partial charge in [0.05, 0.1) is 6.54 Å². The summed E-state index contributed by atoms with van der Waals surface area (Å²) < 4.78 is 17.3. The number of imidazole rings is 1. The van der Waals surface area contributed by atoms with Crippen molar-refractivity contribution in [3.8, 4) is 0 Å². The van der Waals surface area contributed by atoms with Crippen molar-refractivity contribution in [2.75, 3.05) is 31.1 Å². The molecule has 1 aromatic carbocycles. The van der Waals surface area contributed by atoms with Gasteiger partial charge in [-0.15, -0.1) is 0 Å². The lowest BCUT2D eigenvalue weighted by atomic mass is 10.2. The van der Waals surface area contributed by atoms with Crippen molar-refractivity contribution >= 4 is 28.7 Å². The van der Waals surface area contributed by atoms with E-state index in [4.69, 9.17) is 11.6 Å². The van der Waals surface area contributed by atoms with Gasteiger partial charge in [0.15, 0.2) is 11.2 Å². The smallest absolute Gasteiger partial charge is 0.329 e. The summed E-state index contributed by atoms with van der Waals surface area (Å²) in [5.74, 6) is 0.0504. The van der Waals surface area contributed by atoms with Crippen LogP contribution >= 0.6 is 11.6 Å². The molecule has 0 radical (unpaired) electrons. The van der Waals surface area contributed by atoms with Gasteiger partial charge in [0.25, 0.3) is 5.56 Å². The molecule has 10 heteroatoms. The minimum absolute atomic E-state index is 0.0303. The highest BCUT2D eigenvalue weighted by Gasteiger charge is 2.24. The van der Waals surface area contributed by atoms with Crippen molar-refractivity contribution in [3.63, 3.8) is 0 Å². The lowest BCUT2D eigenvalue weighted by Crippen LogP contribution is -2.44. The molecule has 0 saturated carbocycles. The van der Waals surface area contributed by atoms with Crippen molar-refractivity contribution in [2.45, 2.75) is 6.54 Å². The van der Waals surface area contributed by atoms with Crippen LogP contribution in [-0.4, -0.2) is 45.3 Å². The predicted octanol–water partition coefficient (Wildman–Crippen LogP) is 0.674. The topological polar surface area (TPSA) is 87.9 Å². The summed E-state index contributed by atoms with van der Waals surface area (Å²) in [5, 5.41) is 3.52. The monoisotopic (exact) mass is 392 g/mol. The van der Waals surface area contributed by atoms with Gasteiger partial charge in [0.2, 0.25) is 5.95 Å². The first-order valence-corrected chi connectivity index (χ1v) is 8.93. The molecule has 0 aliphatic carbocycles. The molecule has 1 fully saturated rings. The Morgan fingerprint density at radius 3 is 2.70 bits per heavy atom. The highest BCUT2D eigenvalue weighted by molar-refractivity contribution is 6.31. The second-order valence-corrected chi connectivity index (χ2v) is 6.83. The molecule has 27 heavy (non-hydrogen) atoms. The normalized spacial score (nSPS) is 14.9. The maximum atomic E-state index is 14.4. The summed E-state index contributed by atoms with van der Waals surface area (Å²) in [4.78, 5) is 33.4. The van der Waals surface area contributed by atoms with Gasteiger partial charge in [-0.05, 0) is 12.1 Å². The number of halogens is 2. The van der Waals surface area contributed by atoms with Crippen LogP contribution in [0.3, 0.4) is 0 Å². The quantitative estimate of drug-likeness (QED) is 0.684. The Bertz CT molecular complexity index is 1110. The Morgan fingerprint density at radius 2 is 2.00 bits per heavy atom. The predicted molar refractivity (Wildman–Crippen MR) is 101 cm³/mol. The van der Waals surface area contributed by atoms with Crippen molar-refractivity contribution in [3.05, 3.63) is 55.4 Å². The molecular weight excluding hydrogens is 375 g/mol. The fourth-order valence-electron chi connectivity index (χ4n) is 3.32. The van der Waals surface area contributed by atoms with E-state index in [1.807, 2.05) is 4.90 Å². The van der Waals surface area contributed by atoms with E-state index in [0.717, 1.165) is 13.1 Å². The Morgan fingerprint density at radius 1 is 1.26 bits per heavy atom. The highest BCUT2D eigenvalue weighted by atomic mass is 35.5. The highest BCUT2D eigenvalue weighted by Crippen LogP contribution is 2.26. The number of aromatic nitrogens is 4. The molecular formula is C17H18ClFN6O2. The maximum absolute atomic E-state index is 14.4. The summed E-state index contributed by atoms with van der Waals surface area (Å²) in [6.45, 7) is 2.92. The second kappa shape index (κ2) is 6.82. The van der Waals surface area contributed by atoms with Gasteiger partial charge >= 0.3 is 5.69 Å². The number of aryl methyl sites for hydroxylation is 1. The second-order valence-electron chi connectivity index (χ2n) is 6.43. The van der Waals surface area contributed by atoms with E-state index in [1.54, 1.807) is 10.6 Å². The molecule has 4 rings (SSSR count). The number of H-pyrrole nitrogens is 1. The minimum Gasteiger partial charge on any atom is -0.340 e. The van der Waals surface area contributed by atoms with Crippen LogP contribution in [-0.2, 0) is 13.6 Å². The Hall–Kier alpha value is -2.65. The van der Waals surface area contributed by atoms with Crippen molar-refractivity contribution in [2.24, 2.45) is 7.05 Å². The zero-order chi connectivity index (χ0) is 19.1. The number of nitrogens with one attached hydrogen (secondary N) is 2. The number of piperazine rings is 1. The first-order valence-electron chi connectivity index (χ1n) is 8.55. The van der Waals surface area contributed by atoms with E-state index in [2.05, 4.69) is 15.3 Å². The molecule has 2 aromatic heterocycles. The molecule has 3 heterocycles. The number of hydrogen-bond donors (Lipinski definition) is 2. The van der Waals surface area contributed by atoms with Crippen LogP contribution in [0.2, 0.25) is 5.02 Å². The molecule has 1 aliphatic heterocycles. The maximum Gasteiger partial charge on any atom is 0.329 e. The Labute approximate surface area is 158 Å². The van der Waals surface area contributed by atoms with Crippen molar-refractivity contribution in [1.29, 1.82) is 0 Å². The molecule has 0 bridgehead atoms. The summed E-state index contributed by atoms with van der Waals surface area (Å²) in [5.41, 5.74) is -0.375. The van der Waals surface area contributed by atoms with Crippen molar-refractivity contribution in [1.82, 2.24) is 24.4 Å². The summed E-state index contributed by atoms with van der Waals surface area (Å²) in [6.07, 6.45) is 0. The molecule has 2 N–H and O–H groups in total. The number of fused-ring (bicyclic) bond motifs is 1. The number of anilines is 1. The zero-order valence-corrected chi connectivity index (χ0v) is 15.4. The van der Waals surface area contributed by atoms with E-state index in [-0.39, 0.29) is 28.3 Å². The SMILES string of the molecule is Cn1c(=O)[nH]c(=O)c2c1nc(N1CCNCC1)n2Cc1c(F)cccc1Cl. The van der Waals surface area contributed by atoms with E-state index >= 15 is 0 Å². The summed E-state index contributed by atoms with van der Waals surface area (Å²) >= 11 is 6.19. The average Bonchev–Trinajstić information content (AvgIpc) is 3.04. The molecule has 1 aliphatic rings. The third kappa shape index (κ3) is 3.02. The number of aromatic amines is 1. The fourth-order valence-corrected chi connectivity index (χ4v) is 3.54. The van der Waals surface area contributed by atoms with E-state index in [9.17, 15) is 14.0 Å². The molecule has 0 spiro atoms. The lowest BCUT2D eigenvalue weighted by molar-refractivity contribution is 0.566. The molecule has 0 atom stereocenters. The van der Waals surface area contributed by atoms with Crippen LogP contribution in [0.25, 0.3) is 11.2 Å². The number of hydrogen-bond acceptors (Lipinski definition) is 5. The third-order valence-corrected chi connectivity index (χ3v) is 5.12. The number of nitrogens with zero attached hydrogens (tertiary/aromatic N) is 4. The van der Waals surface area contributed by atoms with Gasteiger partial charge < -0.3 is 10.2 Å². The number of benzene rings is 1. The van der Waals surface area contributed by atoms with Crippen LogP contribution in [0.1, 0.15) is 5.56 Å². The standard InChI is InChI=1S/C17H18ClFN6O2/c1-23-14-13(15(26)22-17(23)27)25(9-10-11(18)3-2-4-12(10)19)16(21-14)24-7-5-20-6-8-24/h2-4,20H,5-9H2,1H3,(H,22,26,27). The third-order valence-electron chi connectivity index (χ3n) is 4.76. The molecule has 0 unspecified atom stereocenters. The van der Waals surface area contributed by atoms with Gasteiger partial charge in [0.1, 0.15) is 5.82 Å². The first-order chi connectivity index (χ1) is 13.0. The van der Waals surface area contributed by atoms with Crippen LogP contribution in [0.15, 0.2) is 27.8 Å². The van der Waals surface area contributed by atoms with Crippen LogP contribution in [0, 0.1) is 5.82 Å². The van der Waals surface area contributed by atoms with E-state index < -0.39 is 17.1 Å². The molecule has 8 nitrogen and oxygen atoms in total. The van der Waals surface area contributed by atoms with Gasteiger partial charge in [-0.3, -0.25) is 18.9 Å². The molecule has 1 saturated heterocycles. The Kier molecular flexibility index (Phi) is 4.48. The molecule has 3 aromatic rings. The number of rotatable bonds is 3. The summed E-state index contributed by atoms with van der Waals surface area (Å²) in [7, 11) is 1.54. The molecule has 0 amide bonds. The van der Waals surface area contributed by atoms with Gasteiger partial charge in [0, 0.05) is 43.8 Å². The fraction of sp³-hybridized carbons (Fsp3) is 0.353. The van der Waals surface area contributed by atoms with Gasteiger partial charge in [-0.25, -0.2) is 9.18 Å². The minimum atomic E-state index is -0.561. The lowest BCUT2D eigenvalue weighted by Gasteiger charge is -2.28. The zero-order valence-electron chi connectivity index (χ0n) is 14.6. The van der Waals surface area contributed by atoms with Crippen molar-refractivity contribution < 1.29 is 4.39 Å². The summed E-state index contributed by atoms with van der Waals surface area (Å²) in [6, 6.07) is 4.45. The molecule has 142 valence electrons. The van der Waals surface area contributed by atoms with E-state index in [1.165, 1.54) is 23.7 Å². The average molecular weight is 393 g/mol. The first kappa shape index (κ1) is 17.7. The van der Waals surface area contributed by atoms with Gasteiger partial charge in [-0.2, -0.15) is 4.98 Å².